The number of rotatable bonds is 62. The van der Waals surface area contributed by atoms with Crippen LogP contribution >= 0.6 is 0 Å². The van der Waals surface area contributed by atoms with Crippen molar-refractivity contribution in [3.8, 4) is 0 Å². The van der Waals surface area contributed by atoms with Gasteiger partial charge in [-0.3, -0.25) is 14.4 Å². The lowest BCUT2D eigenvalue weighted by molar-refractivity contribution is -0.166. The lowest BCUT2D eigenvalue weighted by Crippen LogP contribution is -2.30. The second kappa shape index (κ2) is 65.6. The molecule has 0 bridgehead atoms. The summed E-state index contributed by atoms with van der Waals surface area (Å²) in [6.45, 7) is 6.52. The van der Waals surface area contributed by atoms with Crippen LogP contribution < -0.4 is 0 Å². The first-order valence-corrected chi connectivity index (χ1v) is 33.8. The van der Waals surface area contributed by atoms with Crippen molar-refractivity contribution in [3.05, 3.63) is 60.8 Å². The van der Waals surface area contributed by atoms with Crippen LogP contribution in [0.1, 0.15) is 355 Å². The summed E-state index contributed by atoms with van der Waals surface area (Å²) < 4.78 is 16.9. The standard InChI is InChI=1S/C71H128O6/c1-4-7-10-13-16-19-22-25-27-29-31-32-33-34-35-36-37-38-40-41-43-46-49-52-55-58-61-64-70(73)76-67-68(66-75-69(72)63-60-57-54-51-48-45-24-21-18-15-12-9-6-3)77-71(74)65-62-59-56-53-50-47-44-42-39-30-28-26-23-20-17-14-11-8-5-2/h9,12,18,21,29,31,45,48,54,57,68H,4-8,10-11,13-17,19-20,22-28,30,32-44,46-47,49-53,55-56,58-67H2,1-3H3/b12-9-,21-18-,31-29-,48-45-,57-54-. The molecule has 0 rings (SSSR count). The van der Waals surface area contributed by atoms with E-state index in [1.54, 1.807) is 0 Å². The minimum Gasteiger partial charge on any atom is -0.462 e. The van der Waals surface area contributed by atoms with Crippen LogP contribution in [0.15, 0.2) is 60.8 Å². The van der Waals surface area contributed by atoms with Crippen molar-refractivity contribution >= 4 is 17.9 Å². The van der Waals surface area contributed by atoms with Crippen molar-refractivity contribution in [2.24, 2.45) is 0 Å². The van der Waals surface area contributed by atoms with Crippen molar-refractivity contribution in [1.82, 2.24) is 0 Å². The van der Waals surface area contributed by atoms with Gasteiger partial charge in [0.25, 0.3) is 0 Å². The van der Waals surface area contributed by atoms with Crippen molar-refractivity contribution in [2.45, 2.75) is 361 Å². The summed E-state index contributed by atoms with van der Waals surface area (Å²) in [5.74, 6) is -0.956. The van der Waals surface area contributed by atoms with Crippen LogP contribution in [0.2, 0.25) is 0 Å². The molecule has 0 amide bonds. The Morgan fingerprint density at radius 3 is 0.870 bits per heavy atom. The van der Waals surface area contributed by atoms with Crippen LogP contribution in [0.4, 0.5) is 0 Å². The number of ether oxygens (including phenoxy) is 3. The molecule has 0 spiro atoms. The average molecular weight is 1080 g/mol. The molecule has 0 aliphatic carbocycles. The normalized spacial score (nSPS) is 12.4. The summed E-state index contributed by atoms with van der Waals surface area (Å²) in [6, 6.07) is 0. The Bertz CT molecular complexity index is 1380. The van der Waals surface area contributed by atoms with Gasteiger partial charge in [0.05, 0.1) is 0 Å². The molecule has 0 aromatic heterocycles. The number of allylic oxidation sites excluding steroid dienone is 10. The highest BCUT2D eigenvalue weighted by molar-refractivity contribution is 5.71. The van der Waals surface area contributed by atoms with Crippen LogP contribution in [0.5, 0.6) is 0 Å². The number of esters is 3. The minimum atomic E-state index is -0.801. The lowest BCUT2D eigenvalue weighted by Gasteiger charge is -2.18. The first-order chi connectivity index (χ1) is 38.0. The molecule has 1 unspecified atom stereocenters. The number of hydrogen-bond acceptors (Lipinski definition) is 6. The van der Waals surface area contributed by atoms with Crippen LogP contribution in [-0.4, -0.2) is 37.2 Å². The van der Waals surface area contributed by atoms with Gasteiger partial charge in [0.2, 0.25) is 0 Å². The maximum Gasteiger partial charge on any atom is 0.306 e. The van der Waals surface area contributed by atoms with Gasteiger partial charge in [-0.15, -0.1) is 0 Å². The van der Waals surface area contributed by atoms with Crippen LogP contribution in [0.3, 0.4) is 0 Å². The Kier molecular flexibility index (Phi) is 63.2. The maximum atomic E-state index is 12.9. The third kappa shape index (κ3) is 63.8. The maximum absolute atomic E-state index is 12.9. The van der Waals surface area contributed by atoms with Crippen molar-refractivity contribution in [2.75, 3.05) is 13.2 Å². The largest absolute Gasteiger partial charge is 0.462 e. The third-order valence-electron chi connectivity index (χ3n) is 15.0. The van der Waals surface area contributed by atoms with Crippen molar-refractivity contribution in [3.63, 3.8) is 0 Å². The van der Waals surface area contributed by atoms with E-state index in [0.29, 0.717) is 19.3 Å². The van der Waals surface area contributed by atoms with Gasteiger partial charge in [-0.2, -0.15) is 0 Å². The van der Waals surface area contributed by atoms with Crippen molar-refractivity contribution in [1.29, 1.82) is 0 Å². The van der Waals surface area contributed by atoms with E-state index in [0.717, 1.165) is 64.2 Å². The molecule has 0 aliphatic rings. The molecule has 6 heteroatoms. The van der Waals surface area contributed by atoms with E-state index >= 15 is 0 Å². The van der Waals surface area contributed by atoms with Crippen LogP contribution in [0, 0.1) is 0 Å². The Morgan fingerprint density at radius 2 is 0.532 bits per heavy atom. The van der Waals surface area contributed by atoms with Gasteiger partial charge in [-0.1, -0.05) is 326 Å². The summed E-state index contributed by atoms with van der Waals surface area (Å²) in [7, 11) is 0. The number of carbonyl (C=O) groups is 3. The Labute approximate surface area is 479 Å². The molecule has 0 saturated carbocycles. The van der Waals surface area contributed by atoms with Crippen molar-refractivity contribution < 1.29 is 28.6 Å². The van der Waals surface area contributed by atoms with Crippen LogP contribution in [0.25, 0.3) is 0 Å². The highest BCUT2D eigenvalue weighted by Gasteiger charge is 2.19. The highest BCUT2D eigenvalue weighted by Crippen LogP contribution is 2.18. The summed E-state index contributed by atoms with van der Waals surface area (Å²) >= 11 is 0. The Morgan fingerprint density at radius 1 is 0.273 bits per heavy atom. The first kappa shape index (κ1) is 74.1. The molecule has 0 aliphatic heterocycles. The van der Waals surface area contributed by atoms with E-state index in [4.69, 9.17) is 14.2 Å². The number of carbonyl (C=O) groups excluding carboxylic acids is 3. The fourth-order valence-corrected chi connectivity index (χ4v) is 9.99. The molecule has 1 atom stereocenters. The van der Waals surface area contributed by atoms with E-state index in [9.17, 15) is 14.4 Å². The van der Waals surface area contributed by atoms with Gasteiger partial charge in [0, 0.05) is 19.3 Å². The van der Waals surface area contributed by atoms with E-state index in [2.05, 4.69) is 75.5 Å². The highest BCUT2D eigenvalue weighted by atomic mass is 16.6. The van der Waals surface area contributed by atoms with E-state index < -0.39 is 6.10 Å². The van der Waals surface area contributed by atoms with Crippen LogP contribution in [-0.2, 0) is 28.6 Å². The Hall–Kier alpha value is -2.89. The molecule has 0 aromatic carbocycles. The Balaban J connectivity index is 4.25. The quantitative estimate of drug-likeness (QED) is 0.0261. The fraction of sp³-hybridized carbons (Fsp3) is 0.817. The summed E-state index contributed by atoms with van der Waals surface area (Å²) in [5.41, 5.74) is 0. The minimum absolute atomic E-state index is 0.0920. The molecule has 0 N–H and O–H groups in total. The smallest absolute Gasteiger partial charge is 0.306 e. The second-order valence-corrected chi connectivity index (χ2v) is 22.7. The predicted molar refractivity (Wildman–Crippen MR) is 335 cm³/mol. The zero-order chi connectivity index (χ0) is 55.7. The SMILES string of the molecule is CC/C=C\C/C=C\C/C=C\C/C=C\CCC(=O)OCC(COC(=O)CCCCCCCCCCCCCCCCC/C=C\CCCCCCCCCC)OC(=O)CCCCCCCCCCCCCCCCCCCCC. The van der Waals surface area contributed by atoms with Gasteiger partial charge in [-0.25, -0.2) is 0 Å². The monoisotopic (exact) mass is 1080 g/mol. The molecule has 448 valence electrons. The third-order valence-corrected chi connectivity index (χ3v) is 15.0. The molecule has 77 heavy (non-hydrogen) atoms. The van der Waals surface area contributed by atoms with E-state index in [1.165, 1.54) is 244 Å². The molecule has 0 radical (unpaired) electrons. The topological polar surface area (TPSA) is 78.9 Å². The first-order valence-electron chi connectivity index (χ1n) is 33.8. The van der Waals surface area contributed by atoms with Gasteiger partial charge >= 0.3 is 17.9 Å². The molecule has 0 fully saturated rings. The predicted octanol–water partition coefficient (Wildman–Crippen LogP) is 23.1. The fourth-order valence-electron chi connectivity index (χ4n) is 9.99. The number of unbranched alkanes of at least 4 members (excludes halogenated alkanes) is 41. The van der Waals surface area contributed by atoms with Gasteiger partial charge in [0.15, 0.2) is 6.10 Å². The average Bonchev–Trinajstić information content (AvgIpc) is 3.43. The molecular weight excluding hydrogens is 949 g/mol. The molecule has 6 nitrogen and oxygen atoms in total. The van der Waals surface area contributed by atoms with Gasteiger partial charge < -0.3 is 14.2 Å². The van der Waals surface area contributed by atoms with Gasteiger partial charge in [-0.05, 0) is 70.6 Å². The molecular formula is C71H128O6. The number of hydrogen-bond donors (Lipinski definition) is 0. The van der Waals surface area contributed by atoms with E-state index in [-0.39, 0.29) is 37.5 Å². The van der Waals surface area contributed by atoms with Gasteiger partial charge in [0.1, 0.15) is 13.2 Å². The summed E-state index contributed by atoms with van der Waals surface area (Å²) in [4.78, 5) is 38.3. The molecule has 0 heterocycles. The molecule has 0 saturated heterocycles. The summed E-state index contributed by atoms with van der Waals surface area (Å²) in [6.07, 6.45) is 84.1. The van der Waals surface area contributed by atoms with E-state index in [1.807, 2.05) is 6.08 Å². The summed E-state index contributed by atoms with van der Waals surface area (Å²) in [5, 5.41) is 0. The molecule has 0 aromatic rings. The zero-order valence-corrected chi connectivity index (χ0v) is 51.5. The second-order valence-electron chi connectivity index (χ2n) is 22.7. The lowest BCUT2D eigenvalue weighted by atomic mass is 10.0. The zero-order valence-electron chi connectivity index (χ0n) is 51.5.